The van der Waals surface area contributed by atoms with Gasteiger partial charge in [-0.05, 0) is 56.4 Å². The topological polar surface area (TPSA) is 37.3 Å². The van der Waals surface area contributed by atoms with E-state index in [1.165, 1.54) is 18.9 Å². The van der Waals surface area contributed by atoms with Crippen LogP contribution in [0, 0.1) is 12.8 Å². The van der Waals surface area contributed by atoms with Gasteiger partial charge in [0, 0.05) is 35.9 Å². The molecule has 0 unspecified atom stereocenters. The van der Waals surface area contributed by atoms with Crippen LogP contribution in [-0.4, -0.2) is 28.6 Å². The minimum Gasteiger partial charge on any atom is -0.344 e. The van der Waals surface area contributed by atoms with Crippen molar-refractivity contribution in [1.29, 1.82) is 0 Å². The lowest BCUT2D eigenvalue weighted by Crippen LogP contribution is -2.45. The number of amides is 1. The molecule has 2 heterocycles. The van der Waals surface area contributed by atoms with Gasteiger partial charge in [-0.3, -0.25) is 10.2 Å². The van der Waals surface area contributed by atoms with Crippen LogP contribution in [0.15, 0.2) is 24.3 Å². The van der Waals surface area contributed by atoms with Gasteiger partial charge in [-0.15, -0.1) is 0 Å². The van der Waals surface area contributed by atoms with Crippen LogP contribution in [0.5, 0.6) is 0 Å². The van der Waals surface area contributed by atoms with Gasteiger partial charge in [-0.1, -0.05) is 30.9 Å². The van der Waals surface area contributed by atoms with Crippen LogP contribution in [0.4, 0.5) is 13.2 Å². The first kappa shape index (κ1) is 22.2. The molecule has 1 aliphatic heterocycles. The second-order valence-electron chi connectivity index (χ2n) is 8.59. The lowest BCUT2D eigenvalue weighted by atomic mass is 10.1. The van der Waals surface area contributed by atoms with E-state index < -0.39 is 11.7 Å². The van der Waals surface area contributed by atoms with Crippen LogP contribution in [-0.2, 0) is 12.7 Å². The third-order valence-corrected chi connectivity index (χ3v) is 6.58. The number of hydrazine groups is 1. The second-order valence-corrected chi connectivity index (χ2v) is 9.00. The number of hydrogen-bond acceptors (Lipinski definition) is 2. The third-order valence-electron chi connectivity index (χ3n) is 6.25. The second kappa shape index (κ2) is 8.87. The molecule has 1 aromatic heterocycles. The molecular formula is C23H27ClF3N3O. The summed E-state index contributed by atoms with van der Waals surface area (Å²) in [6, 6.07) is 5.03. The molecule has 0 spiro atoms. The van der Waals surface area contributed by atoms with Gasteiger partial charge in [0.05, 0.1) is 16.8 Å². The van der Waals surface area contributed by atoms with E-state index >= 15 is 0 Å². The Balaban J connectivity index is 1.70. The maximum atomic E-state index is 13.3. The Labute approximate surface area is 185 Å². The van der Waals surface area contributed by atoms with Crippen molar-refractivity contribution in [2.75, 3.05) is 13.1 Å². The molecule has 1 amide bonds. The molecule has 4 nitrogen and oxygen atoms in total. The van der Waals surface area contributed by atoms with Crippen LogP contribution in [0.3, 0.4) is 0 Å². The summed E-state index contributed by atoms with van der Waals surface area (Å²) in [5.41, 5.74) is 4.29. The maximum Gasteiger partial charge on any atom is 0.416 e. The van der Waals surface area contributed by atoms with Crippen LogP contribution in [0.1, 0.15) is 60.1 Å². The van der Waals surface area contributed by atoms with E-state index in [1.54, 1.807) is 6.07 Å². The summed E-state index contributed by atoms with van der Waals surface area (Å²) in [6.07, 6.45) is 2.06. The van der Waals surface area contributed by atoms with Crippen molar-refractivity contribution < 1.29 is 18.0 Å². The van der Waals surface area contributed by atoms with E-state index in [2.05, 4.69) is 5.43 Å². The van der Waals surface area contributed by atoms with E-state index in [4.69, 9.17) is 11.6 Å². The van der Waals surface area contributed by atoms with Crippen molar-refractivity contribution in [3.8, 4) is 11.3 Å². The van der Waals surface area contributed by atoms with Crippen molar-refractivity contribution in [2.45, 2.75) is 58.2 Å². The predicted octanol–water partition coefficient (Wildman–Crippen LogP) is 6.07. The highest BCUT2D eigenvalue weighted by Crippen LogP contribution is 2.39. The van der Waals surface area contributed by atoms with Gasteiger partial charge in [0.2, 0.25) is 0 Å². The highest BCUT2D eigenvalue weighted by atomic mass is 35.5. The zero-order chi connectivity index (χ0) is 22.2. The lowest BCUT2D eigenvalue weighted by molar-refractivity contribution is -0.137. The van der Waals surface area contributed by atoms with Gasteiger partial charge in [-0.25, -0.2) is 5.01 Å². The van der Waals surface area contributed by atoms with E-state index in [1.807, 2.05) is 16.5 Å². The highest BCUT2D eigenvalue weighted by Gasteiger charge is 2.32. The Kier molecular flexibility index (Phi) is 6.35. The Bertz CT molecular complexity index is 960. The molecule has 168 valence electrons. The minimum atomic E-state index is -4.46. The first-order valence-electron chi connectivity index (χ1n) is 10.9. The number of carbonyl (C=O) groups is 1. The fraction of sp³-hybridized carbons (Fsp3) is 0.522. The fourth-order valence-corrected chi connectivity index (χ4v) is 4.43. The molecular weight excluding hydrogens is 427 g/mol. The molecule has 2 aromatic rings. The molecule has 1 saturated carbocycles. The van der Waals surface area contributed by atoms with Gasteiger partial charge in [0.25, 0.3) is 5.91 Å². The first-order valence-corrected chi connectivity index (χ1v) is 11.2. The lowest BCUT2D eigenvalue weighted by Gasteiger charge is -2.26. The van der Waals surface area contributed by atoms with E-state index in [0.29, 0.717) is 29.3 Å². The Morgan fingerprint density at radius 1 is 1.16 bits per heavy atom. The molecule has 31 heavy (non-hydrogen) atoms. The minimum absolute atomic E-state index is 0.228. The fourth-order valence-electron chi connectivity index (χ4n) is 4.21. The zero-order valence-electron chi connectivity index (χ0n) is 17.6. The van der Waals surface area contributed by atoms with E-state index in [9.17, 15) is 18.0 Å². The van der Waals surface area contributed by atoms with Crippen molar-refractivity contribution in [3.63, 3.8) is 0 Å². The first-order chi connectivity index (χ1) is 14.7. The average molecular weight is 454 g/mol. The Morgan fingerprint density at radius 2 is 1.87 bits per heavy atom. The summed E-state index contributed by atoms with van der Waals surface area (Å²) >= 11 is 6.34. The number of nitrogens with zero attached hydrogens (tertiary/aromatic N) is 2. The molecule has 0 bridgehead atoms. The molecule has 1 aromatic carbocycles. The predicted molar refractivity (Wildman–Crippen MR) is 115 cm³/mol. The third kappa shape index (κ3) is 5.09. The van der Waals surface area contributed by atoms with Gasteiger partial charge < -0.3 is 4.57 Å². The van der Waals surface area contributed by atoms with E-state index in [-0.39, 0.29) is 10.9 Å². The smallest absolute Gasteiger partial charge is 0.344 e. The Morgan fingerprint density at radius 3 is 2.52 bits per heavy atom. The SMILES string of the molecule is Cc1c(C(=O)NN2CCCCC2)cc(-c2cc(C(F)(F)F)ccc2Cl)n1CCC1CC1. The summed E-state index contributed by atoms with van der Waals surface area (Å²) in [5.74, 6) is 0.422. The molecule has 1 aliphatic carbocycles. The molecule has 8 heteroatoms. The number of aromatic nitrogens is 1. The number of carbonyl (C=O) groups excluding carboxylic acids is 1. The summed E-state index contributed by atoms with van der Waals surface area (Å²) < 4.78 is 41.9. The molecule has 0 atom stereocenters. The van der Waals surface area contributed by atoms with Crippen LogP contribution >= 0.6 is 11.6 Å². The average Bonchev–Trinajstić information content (AvgIpc) is 3.49. The summed E-state index contributed by atoms with van der Waals surface area (Å²) in [4.78, 5) is 13.0. The Hall–Kier alpha value is -1.99. The van der Waals surface area contributed by atoms with Crippen LogP contribution in [0.25, 0.3) is 11.3 Å². The van der Waals surface area contributed by atoms with Crippen molar-refractivity contribution in [3.05, 3.63) is 46.1 Å². The molecule has 1 saturated heterocycles. The molecule has 1 N–H and O–H groups in total. The number of rotatable bonds is 6. The van der Waals surface area contributed by atoms with Crippen molar-refractivity contribution >= 4 is 17.5 Å². The van der Waals surface area contributed by atoms with Crippen LogP contribution < -0.4 is 5.43 Å². The number of hydrogen-bond donors (Lipinski definition) is 1. The number of nitrogens with one attached hydrogen (secondary N) is 1. The maximum absolute atomic E-state index is 13.3. The van der Waals surface area contributed by atoms with E-state index in [0.717, 1.165) is 56.6 Å². The number of piperidine rings is 1. The van der Waals surface area contributed by atoms with Crippen molar-refractivity contribution in [2.24, 2.45) is 5.92 Å². The van der Waals surface area contributed by atoms with Gasteiger partial charge in [-0.2, -0.15) is 13.2 Å². The summed E-state index contributed by atoms with van der Waals surface area (Å²) in [6.45, 7) is 4.11. The number of benzene rings is 1. The van der Waals surface area contributed by atoms with Crippen molar-refractivity contribution in [1.82, 2.24) is 15.0 Å². The normalized spacial score (nSPS) is 17.7. The molecule has 2 fully saturated rings. The van der Waals surface area contributed by atoms with Gasteiger partial charge >= 0.3 is 6.18 Å². The largest absolute Gasteiger partial charge is 0.416 e. The molecule has 4 rings (SSSR count). The number of halogens is 4. The zero-order valence-corrected chi connectivity index (χ0v) is 18.3. The molecule has 0 radical (unpaired) electrons. The monoisotopic (exact) mass is 453 g/mol. The summed E-state index contributed by atoms with van der Waals surface area (Å²) in [7, 11) is 0. The highest BCUT2D eigenvalue weighted by molar-refractivity contribution is 6.33. The molecule has 2 aliphatic rings. The number of alkyl halides is 3. The quantitative estimate of drug-likeness (QED) is 0.576. The van der Waals surface area contributed by atoms with Gasteiger partial charge in [0.15, 0.2) is 0 Å². The standard InChI is InChI=1S/C23H27ClF3N3O/c1-15-18(22(31)28-29-10-3-2-4-11-29)14-21(30(15)12-9-16-5-6-16)19-13-17(23(25,26)27)7-8-20(19)24/h7-8,13-14,16H,2-6,9-12H2,1H3,(H,28,31). The van der Waals surface area contributed by atoms with Gasteiger partial charge in [0.1, 0.15) is 0 Å². The summed E-state index contributed by atoms with van der Waals surface area (Å²) in [5, 5.41) is 2.16. The van der Waals surface area contributed by atoms with Crippen LogP contribution in [0.2, 0.25) is 5.02 Å².